The maximum Gasteiger partial charge on any atom is 0.311 e. The first-order valence-electron chi connectivity index (χ1n) is 9.23. The fraction of sp³-hybridized carbons (Fsp3) is 0.130. The van der Waals surface area contributed by atoms with E-state index < -0.39 is 14.1 Å². The molecule has 0 aliphatic carbocycles. The second kappa shape index (κ2) is 10.4. The van der Waals surface area contributed by atoms with Crippen LogP contribution in [0.15, 0.2) is 84.9 Å². The molecule has 0 radical (unpaired) electrons. The molecule has 3 aromatic carbocycles. The Morgan fingerprint density at radius 1 is 0.724 bits per heavy atom. The Labute approximate surface area is 170 Å². The summed E-state index contributed by atoms with van der Waals surface area (Å²) in [5.41, 5.74) is 0. The number of hydrogen-bond donors (Lipinski definition) is 1. The van der Waals surface area contributed by atoms with E-state index in [-0.39, 0.29) is 30.3 Å². The molecule has 0 spiro atoms. The zero-order chi connectivity index (χ0) is 20.5. The van der Waals surface area contributed by atoms with E-state index in [9.17, 15) is 14.7 Å². The van der Waals surface area contributed by atoms with E-state index in [4.69, 9.17) is 9.26 Å². The van der Waals surface area contributed by atoms with Crippen molar-refractivity contribution < 1.29 is 24.0 Å². The van der Waals surface area contributed by atoms with Gasteiger partial charge in [-0.15, -0.1) is 0 Å². The average molecular weight is 408 g/mol. The van der Waals surface area contributed by atoms with E-state index in [0.717, 1.165) is 10.6 Å². The highest BCUT2D eigenvalue weighted by molar-refractivity contribution is 7.69. The smallest absolute Gasteiger partial charge is 0.311 e. The van der Waals surface area contributed by atoms with Crippen LogP contribution >= 0.6 is 8.15 Å². The summed E-state index contributed by atoms with van der Waals surface area (Å²) >= 11 is 0. The Morgan fingerprint density at radius 3 is 1.83 bits per heavy atom. The van der Waals surface area contributed by atoms with Crippen molar-refractivity contribution in [2.75, 3.05) is 0 Å². The van der Waals surface area contributed by atoms with Crippen molar-refractivity contribution in [2.24, 2.45) is 0 Å². The zero-order valence-corrected chi connectivity index (χ0v) is 16.6. The maximum atomic E-state index is 12.4. The molecule has 29 heavy (non-hydrogen) atoms. The molecule has 1 N–H and O–H groups in total. The molecule has 0 saturated carbocycles. The Hall–Kier alpha value is -3.17. The van der Waals surface area contributed by atoms with E-state index in [1.54, 1.807) is 12.1 Å². The quantitative estimate of drug-likeness (QED) is 0.346. The number of rotatable bonds is 8. The van der Waals surface area contributed by atoms with Crippen LogP contribution in [0.3, 0.4) is 0 Å². The molecular weight excluding hydrogens is 387 g/mol. The van der Waals surface area contributed by atoms with Gasteiger partial charge < -0.3 is 14.4 Å². The van der Waals surface area contributed by atoms with Crippen molar-refractivity contribution in [1.82, 2.24) is 0 Å². The van der Waals surface area contributed by atoms with Gasteiger partial charge in [0.1, 0.15) is 0 Å². The predicted octanol–water partition coefficient (Wildman–Crippen LogP) is 4.06. The number of aromatic hydroxyl groups is 1. The first kappa shape index (κ1) is 20.6. The largest absolute Gasteiger partial charge is 0.504 e. The van der Waals surface area contributed by atoms with Crippen molar-refractivity contribution in [1.29, 1.82) is 0 Å². The van der Waals surface area contributed by atoms with Crippen LogP contribution in [-0.2, 0) is 14.1 Å². The van der Waals surface area contributed by atoms with Crippen LogP contribution in [0.5, 0.6) is 11.5 Å². The van der Waals surface area contributed by atoms with Gasteiger partial charge in [0, 0.05) is 23.5 Å². The molecule has 0 aromatic heterocycles. The standard InChI is InChI=1S/C23H21O5P/c24-20-14-7-8-15-21(20)27-22(25)16-9-17-23(26)28-29(18-10-3-1-4-11-18)19-12-5-2-6-13-19/h1-8,10-15,24H,9,16-17H2. The van der Waals surface area contributed by atoms with Crippen molar-refractivity contribution in [2.45, 2.75) is 19.3 Å². The molecule has 3 rings (SSSR count). The van der Waals surface area contributed by atoms with E-state index in [1.165, 1.54) is 12.1 Å². The molecule has 0 unspecified atom stereocenters. The first-order chi connectivity index (χ1) is 14.1. The van der Waals surface area contributed by atoms with E-state index in [2.05, 4.69) is 0 Å². The van der Waals surface area contributed by atoms with Crippen molar-refractivity contribution in [3.05, 3.63) is 84.9 Å². The SMILES string of the molecule is O=C(CCCC(=O)OP(c1ccccc1)c1ccccc1)Oc1ccccc1O. The van der Waals surface area contributed by atoms with Crippen LogP contribution in [0.25, 0.3) is 0 Å². The van der Waals surface area contributed by atoms with Gasteiger partial charge in [-0.2, -0.15) is 0 Å². The zero-order valence-electron chi connectivity index (χ0n) is 15.7. The van der Waals surface area contributed by atoms with Crippen LogP contribution in [0.1, 0.15) is 19.3 Å². The van der Waals surface area contributed by atoms with Gasteiger partial charge in [0.05, 0.1) is 0 Å². The van der Waals surface area contributed by atoms with E-state index in [1.807, 2.05) is 60.7 Å². The molecule has 0 fully saturated rings. The molecule has 148 valence electrons. The number of esters is 1. The lowest BCUT2D eigenvalue weighted by molar-refractivity contribution is -0.135. The summed E-state index contributed by atoms with van der Waals surface area (Å²) in [5, 5.41) is 11.5. The predicted molar refractivity (Wildman–Crippen MR) is 113 cm³/mol. The van der Waals surface area contributed by atoms with Gasteiger partial charge in [-0.05, 0) is 18.6 Å². The summed E-state index contributed by atoms with van der Waals surface area (Å²) in [6.07, 6.45) is 0.463. The van der Waals surface area contributed by atoms with Crippen LogP contribution < -0.4 is 15.3 Å². The number of para-hydroxylation sites is 2. The molecule has 0 amide bonds. The van der Waals surface area contributed by atoms with E-state index in [0.29, 0.717) is 6.42 Å². The van der Waals surface area contributed by atoms with Crippen molar-refractivity contribution >= 4 is 30.7 Å². The minimum atomic E-state index is -1.27. The second-order valence-corrected chi connectivity index (χ2v) is 8.03. The molecule has 0 atom stereocenters. The highest BCUT2D eigenvalue weighted by Gasteiger charge is 2.20. The number of carbonyl (C=O) groups excluding carboxylic acids is 2. The van der Waals surface area contributed by atoms with Gasteiger partial charge in [-0.25, -0.2) is 0 Å². The minimum absolute atomic E-state index is 0.0536. The summed E-state index contributed by atoms with van der Waals surface area (Å²) in [5.74, 6) is -0.861. The maximum absolute atomic E-state index is 12.4. The van der Waals surface area contributed by atoms with Crippen LogP contribution in [0.2, 0.25) is 0 Å². The summed E-state index contributed by atoms with van der Waals surface area (Å²) < 4.78 is 10.9. The molecule has 0 aliphatic rings. The average Bonchev–Trinajstić information content (AvgIpc) is 2.75. The molecule has 3 aromatic rings. The summed E-state index contributed by atoms with van der Waals surface area (Å²) in [4.78, 5) is 24.3. The number of phenols is 1. The molecule has 0 heterocycles. The summed E-state index contributed by atoms with van der Waals surface area (Å²) in [6.45, 7) is 0. The molecule has 0 aliphatic heterocycles. The molecule has 0 saturated heterocycles. The number of carbonyl (C=O) groups is 2. The third-order valence-corrected chi connectivity index (χ3v) is 5.95. The van der Waals surface area contributed by atoms with E-state index >= 15 is 0 Å². The number of benzene rings is 3. The van der Waals surface area contributed by atoms with Crippen LogP contribution in [0.4, 0.5) is 0 Å². The van der Waals surface area contributed by atoms with Gasteiger partial charge in [0.2, 0.25) is 0 Å². The lowest BCUT2D eigenvalue weighted by Crippen LogP contribution is -2.17. The van der Waals surface area contributed by atoms with Crippen molar-refractivity contribution in [3.63, 3.8) is 0 Å². The highest BCUT2D eigenvalue weighted by atomic mass is 31.1. The van der Waals surface area contributed by atoms with Crippen molar-refractivity contribution in [3.8, 4) is 11.5 Å². The third kappa shape index (κ3) is 6.16. The van der Waals surface area contributed by atoms with Crippen LogP contribution in [0, 0.1) is 0 Å². The summed E-state index contributed by atoms with van der Waals surface area (Å²) in [6, 6.07) is 25.5. The number of ether oxygens (including phenoxy) is 1. The second-order valence-electron chi connectivity index (χ2n) is 6.22. The van der Waals surface area contributed by atoms with Gasteiger partial charge in [-0.3, -0.25) is 9.59 Å². The van der Waals surface area contributed by atoms with Crippen LogP contribution in [-0.4, -0.2) is 17.0 Å². The third-order valence-electron chi connectivity index (χ3n) is 4.03. The lowest BCUT2D eigenvalue weighted by atomic mass is 10.2. The fourth-order valence-electron chi connectivity index (χ4n) is 2.62. The highest BCUT2D eigenvalue weighted by Crippen LogP contribution is 2.35. The molecular formula is C23H21O5P. The summed E-state index contributed by atoms with van der Waals surface area (Å²) in [7, 11) is -1.27. The topological polar surface area (TPSA) is 72.8 Å². The molecule has 0 bridgehead atoms. The van der Waals surface area contributed by atoms with Gasteiger partial charge in [0.15, 0.2) is 19.6 Å². The fourth-order valence-corrected chi connectivity index (χ4v) is 4.31. The Bertz CT molecular complexity index is 904. The first-order valence-corrected chi connectivity index (χ1v) is 10.5. The normalized spacial score (nSPS) is 10.5. The molecule has 5 nitrogen and oxygen atoms in total. The molecule has 6 heteroatoms. The Kier molecular flexibility index (Phi) is 7.37. The van der Waals surface area contributed by atoms with Gasteiger partial charge in [0.25, 0.3) is 0 Å². The lowest BCUT2D eigenvalue weighted by Gasteiger charge is -2.18. The minimum Gasteiger partial charge on any atom is -0.504 e. The monoisotopic (exact) mass is 408 g/mol. The Morgan fingerprint density at radius 2 is 1.24 bits per heavy atom. The Balaban J connectivity index is 1.54. The van der Waals surface area contributed by atoms with Gasteiger partial charge >= 0.3 is 11.9 Å². The number of hydrogen-bond acceptors (Lipinski definition) is 5. The van der Waals surface area contributed by atoms with Gasteiger partial charge in [-0.1, -0.05) is 72.8 Å². The number of phenolic OH excluding ortho intramolecular Hbond substituents is 1.